The van der Waals surface area contributed by atoms with Crippen LogP contribution in [0.2, 0.25) is 0 Å². The highest BCUT2D eigenvalue weighted by atomic mass is 35.5. The van der Waals surface area contributed by atoms with Crippen LogP contribution in [0, 0.1) is 0 Å². The van der Waals surface area contributed by atoms with Crippen molar-refractivity contribution in [3.63, 3.8) is 0 Å². The Balaban J connectivity index is 4.56. The first-order valence-electron chi connectivity index (χ1n) is 4.84. The quantitative estimate of drug-likeness (QED) is 0.578. The molecule has 0 spiro atoms. The van der Waals surface area contributed by atoms with Gasteiger partial charge in [0.05, 0.1) is 13.2 Å². The molecule has 0 heterocycles. The lowest BCUT2D eigenvalue weighted by molar-refractivity contribution is -0.119. The lowest BCUT2D eigenvalue weighted by Crippen LogP contribution is -2.36. The molecule has 0 bridgehead atoms. The normalized spacial score (nSPS) is 13.9. The molecular formula is C8H16Cl2NO4P. The van der Waals surface area contributed by atoms with Crippen molar-refractivity contribution in [2.24, 2.45) is 0 Å². The van der Waals surface area contributed by atoms with Gasteiger partial charge in [-0.2, -0.15) is 0 Å². The molecular weight excluding hydrogens is 276 g/mol. The maximum atomic E-state index is 12.1. The van der Waals surface area contributed by atoms with E-state index >= 15 is 0 Å². The van der Waals surface area contributed by atoms with E-state index in [2.05, 4.69) is 5.32 Å². The molecule has 0 aliphatic carbocycles. The van der Waals surface area contributed by atoms with Gasteiger partial charge in [-0.05, 0) is 20.8 Å². The Morgan fingerprint density at radius 3 is 2.06 bits per heavy atom. The third-order valence-corrected chi connectivity index (χ3v) is 4.35. The van der Waals surface area contributed by atoms with Crippen LogP contribution in [0.25, 0.3) is 0 Å². The first-order chi connectivity index (χ1) is 7.37. The summed E-state index contributed by atoms with van der Waals surface area (Å²) >= 11 is 10.7. The third kappa shape index (κ3) is 5.02. The van der Waals surface area contributed by atoms with Crippen molar-refractivity contribution < 1.29 is 18.4 Å². The van der Waals surface area contributed by atoms with Crippen LogP contribution in [0.4, 0.5) is 0 Å². The third-order valence-electron chi connectivity index (χ3n) is 1.64. The second-order valence-electron chi connectivity index (χ2n) is 2.86. The molecule has 8 heteroatoms. The van der Waals surface area contributed by atoms with E-state index < -0.39 is 24.1 Å². The Kier molecular flexibility index (Phi) is 7.61. The van der Waals surface area contributed by atoms with Crippen molar-refractivity contribution in [2.45, 2.75) is 31.4 Å². The number of nitrogens with one attached hydrogen (secondary N) is 1. The predicted octanol–water partition coefficient (Wildman–Crippen LogP) is 2.52. The molecule has 0 aliphatic heterocycles. The number of hydrogen-bond acceptors (Lipinski definition) is 4. The molecule has 0 radical (unpaired) electrons. The van der Waals surface area contributed by atoms with Crippen LogP contribution >= 0.6 is 30.8 Å². The van der Waals surface area contributed by atoms with Gasteiger partial charge in [-0.15, -0.1) is 0 Å². The molecule has 0 aromatic heterocycles. The molecule has 0 rings (SSSR count). The van der Waals surface area contributed by atoms with Gasteiger partial charge in [0, 0.05) is 0 Å². The molecule has 0 aliphatic rings. The van der Waals surface area contributed by atoms with E-state index in [1.807, 2.05) is 0 Å². The van der Waals surface area contributed by atoms with E-state index in [-0.39, 0.29) is 13.2 Å². The minimum absolute atomic E-state index is 0.225. The Morgan fingerprint density at radius 2 is 1.75 bits per heavy atom. The molecule has 0 fully saturated rings. The molecule has 1 unspecified atom stereocenters. The monoisotopic (exact) mass is 291 g/mol. The van der Waals surface area contributed by atoms with Gasteiger partial charge in [-0.25, -0.2) is 0 Å². The van der Waals surface area contributed by atoms with Crippen LogP contribution in [0.5, 0.6) is 0 Å². The molecule has 0 aromatic carbocycles. The number of alkyl halides is 2. The molecule has 16 heavy (non-hydrogen) atoms. The van der Waals surface area contributed by atoms with Crippen molar-refractivity contribution in [2.75, 3.05) is 13.2 Å². The predicted molar refractivity (Wildman–Crippen MR) is 64.0 cm³/mol. The fourth-order valence-corrected chi connectivity index (χ4v) is 2.62. The second-order valence-corrected chi connectivity index (χ2v) is 6.33. The summed E-state index contributed by atoms with van der Waals surface area (Å²) in [6.07, 6.45) is 0. The van der Waals surface area contributed by atoms with E-state index in [0.29, 0.717) is 0 Å². The van der Waals surface area contributed by atoms with Crippen LogP contribution in [-0.4, -0.2) is 29.7 Å². The van der Waals surface area contributed by atoms with E-state index in [0.717, 1.165) is 0 Å². The summed E-state index contributed by atoms with van der Waals surface area (Å²) in [6.45, 7) is 5.34. The van der Waals surface area contributed by atoms with Crippen molar-refractivity contribution in [1.82, 2.24) is 5.32 Å². The lowest BCUT2D eigenvalue weighted by Gasteiger charge is -2.24. The highest BCUT2D eigenvalue weighted by Gasteiger charge is 2.33. The number of carbonyl (C=O) groups excluding carboxylic acids is 1. The fourth-order valence-electron chi connectivity index (χ4n) is 0.969. The summed E-state index contributed by atoms with van der Waals surface area (Å²) in [5.41, 5.74) is 0. The molecule has 0 aromatic rings. The van der Waals surface area contributed by atoms with Crippen molar-refractivity contribution in [1.29, 1.82) is 0 Å². The molecule has 1 N–H and O–H groups in total. The van der Waals surface area contributed by atoms with Gasteiger partial charge in [-0.3, -0.25) is 9.36 Å². The Labute approximate surface area is 105 Å². The number of halogens is 2. The molecule has 96 valence electrons. The van der Waals surface area contributed by atoms with Gasteiger partial charge >= 0.3 is 7.60 Å². The SMILES string of the molecule is CCOP(=O)(OCC)C(C)NC(=O)C(Cl)Cl. The highest BCUT2D eigenvalue weighted by Crippen LogP contribution is 2.51. The molecule has 1 amide bonds. The largest absolute Gasteiger partial charge is 0.352 e. The summed E-state index contributed by atoms with van der Waals surface area (Å²) in [7, 11) is -3.35. The lowest BCUT2D eigenvalue weighted by atomic mass is 10.6. The molecule has 1 atom stereocenters. The number of hydrogen-bond donors (Lipinski definition) is 1. The maximum absolute atomic E-state index is 12.1. The first kappa shape index (κ1) is 16.2. The maximum Gasteiger partial charge on any atom is 0.352 e. The van der Waals surface area contributed by atoms with Gasteiger partial charge in [0.15, 0.2) is 4.84 Å². The van der Waals surface area contributed by atoms with Crippen LogP contribution in [0.1, 0.15) is 20.8 Å². The molecule has 0 saturated carbocycles. The van der Waals surface area contributed by atoms with Gasteiger partial charge < -0.3 is 14.4 Å². The summed E-state index contributed by atoms with van der Waals surface area (Å²) in [6, 6.07) is 0. The Morgan fingerprint density at radius 1 is 1.31 bits per heavy atom. The number of carbonyl (C=O) groups is 1. The minimum atomic E-state index is -3.35. The standard InChI is InChI=1S/C8H16Cl2NO4P/c1-4-14-16(13,15-5-2)6(3)11-8(12)7(9)10/h6-7H,4-5H2,1-3H3,(H,11,12). The Bertz CT molecular complexity index is 265. The molecule has 5 nitrogen and oxygen atoms in total. The summed E-state index contributed by atoms with van der Waals surface area (Å²) in [5.74, 6) is -1.42. The smallest absolute Gasteiger partial charge is 0.340 e. The van der Waals surface area contributed by atoms with E-state index in [1.165, 1.54) is 6.92 Å². The Hall–Kier alpha value is 0.200. The van der Waals surface area contributed by atoms with Crippen LogP contribution in [0.15, 0.2) is 0 Å². The van der Waals surface area contributed by atoms with E-state index in [9.17, 15) is 9.36 Å². The highest BCUT2D eigenvalue weighted by molar-refractivity contribution is 7.54. The van der Waals surface area contributed by atoms with Gasteiger partial charge in [0.25, 0.3) is 5.91 Å². The van der Waals surface area contributed by atoms with Gasteiger partial charge in [0.2, 0.25) is 0 Å². The summed E-state index contributed by atoms with van der Waals surface area (Å²) in [4.78, 5) is 9.99. The first-order valence-corrected chi connectivity index (χ1v) is 7.33. The topological polar surface area (TPSA) is 64.6 Å². The average Bonchev–Trinajstić information content (AvgIpc) is 2.18. The average molecular weight is 292 g/mol. The van der Waals surface area contributed by atoms with E-state index in [1.54, 1.807) is 13.8 Å². The second kappa shape index (κ2) is 7.51. The van der Waals surface area contributed by atoms with Crippen LogP contribution in [-0.2, 0) is 18.4 Å². The van der Waals surface area contributed by atoms with Crippen LogP contribution in [0.3, 0.4) is 0 Å². The van der Waals surface area contributed by atoms with Gasteiger partial charge in [0.1, 0.15) is 5.78 Å². The zero-order valence-corrected chi connectivity index (χ0v) is 11.8. The molecule has 0 saturated heterocycles. The van der Waals surface area contributed by atoms with E-state index in [4.69, 9.17) is 32.2 Å². The summed E-state index contributed by atoms with van der Waals surface area (Å²) < 4.78 is 22.2. The van der Waals surface area contributed by atoms with Gasteiger partial charge in [-0.1, -0.05) is 23.2 Å². The zero-order valence-electron chi connectivity index (χ0n) is 9.41. The number of amides is 1. The van der Waals surface area contributed by atoms with Crippen molar-refractivity contribution >= 4 is 36.7 Å². The van der Waals surface area contributed by atoms with Crippen molar-refractivity contribution in [3.05, 3.63) is 0 Å². The minimum Gasteiger partial charge on any atom is -0.340 e. The van der Waals surface area contributed by atoms with Crippen LogP contribution < -0.4 is 5.32 Å². The summed E-state index contributed by atoms with van der Waals surface area (Å²) in [5, 5.41) is 2.37. The number of rotatable bonds is 7. The van der Waals surface area contributed by atoms with Crippen molar-refractivity contribution in [3.8, 4) is 0 Å². The fraction of sp³-hybridized carbons (Fsp3) is 0.875. The zero-order chi connectivity index (χ0) is 12.8.